The maximum atomic E-state index is 14.4. The summed E-state index contributed by atoms with van der Waals surface area (Å²) in [6, 6.07) is 6.65. The number of alkyl halides is 9. The number of carboxylic acid groups (broad SMARTS) is 1. The lowest BCUT2D eigenvalue weighted by Crippen LogP contribution is -2.57. The van der Waals surface area contributed by atoms with Crippen molar-refractivity contribution in [2.45, 2.75) is 178 Å². The molecule has 2 fully saturated rings. The Morgan fingerprint density at radius 2 is 0.904 bits per heavy atom. The van der Waals surface area contributed by atoms with E-state index in [1.807, 2.05) is 13.8 Å². The first-order valence-corrected chi connectivity index (χ1v) is 31.5. The van der Waals surface area contributed by atoms with E-state index in [4.69, 9.17) is 39.5 Å². The van der Waals surface area contributed by atoms with Crippen molar-refractivity contribution in [3.8, 4) is 33.8 Å². The van der Waals surface area contributed by atoms with Gasteiger partial charge in [-0.15, -0.1) is 0 Å². The van der Waals surface area contributed by atoms with Crippen LogP contribution in [0, 0.1) is 31.6 Å². The van der Waals surface area contributed by atoms with E-state index in [1.165, 1.54) is 82.4 Å². The Morgan fingerprint density at radius 3 is 1.18 bits per heavy atom. The number of halogens is 12. The number of amides is 3. The van der Waals surface area contributed by atoms with E-state index in [-0.39, 0.29) is 79.3 Å². The zero-order valence-corrected chi connectivity index (χ0v) is 58.1. The lowest BCUT2D eigenvalue weighted by Gasteiger charge is -2.47. The summed E-state index contributed by atoms with van der Waals surface area (Å²) in [6.45, 7) is 29.1. The van der Waals surface area contributed by atoms with Crippen LogP contribution in [0.5, 0.6) is 0 Å². The van der Waals surface area contributed by atoms with Crippen LogP contribution in [-0.4, -0.2) is 130 Å². The summed E-state index contributed by atoms with van der Waals surface area (Å²) in [5.74, 6) is -2.43. The van der Waals surface area contributed by atoms with E-state index < -0.39 is 94.3 Å². The lowest BCUT2D eigenvalue weighted by molar-refractivity contribution is -0.145. The number of pyridine rings is 3. The summed E-state index contributed by atoms with van der Waals surface area (Å²) < 4.78 is 135. The Kier molecular flexibility index (Phi) is 23.1. The predicted octanol–water partition coefficient (Wildman–Crippen LogP) is 17.6. The van der Waals surface area contributed by atoms with E-state index in [9.17, 15) is 63.8 Å². The van der Waals surface area contributed by atoms with E-state index in [2.05, 4.69) is 34.1 Å². The maximum Gasteiger partial charge on any atom is 0.431 e. The third kappa shape index (κ3) is 16.3. The molecule has 2 aliphatic heterocycles. The number of rotatable bonds is 11. The summed E-state index contributed by atoms with van der Waals surface area (Å²) in [5, 5.41) is 13.8. The zero-order valence-electron chi connectivity index (χ0n) is 55.9. The first-order chi connectivity index (χ1) is 43.1. The molecule has 28 heteroatoms. The number of carbonyl (C=O) groups excluding carboxylic acids is 3. The van der Waals surface area contributed by atoms with Gasteiger partial charge >= 0.3 is 30.6 Å². The number of ether oxygens (including phenoxy) is 1. The number of carbonyl (C=O) groups is 4. The maximum absolute atomic E-state index is 14.4. The lowest BCUT2D eigenvalue weighted by atomic mass is 9.78. The van der Waals surface area contributed by atoms with Crippen molar-refractivity contribution in [3.63, 3.8) is 0 Å². The van der Waals surface area contributed by atoms with Crippen molar-refractivity contribution in [1.29, 1.82) is 0 Å². The fraction of sp³-hybridized carbons (Fsp3) is 0.530. The van der Waals surface area contributed by atoms with Gasteiger partial charge in [0, 0.05) is 105 Å². The van der Waals surface area contributed by atoms with Crippen molar-refractivity contribution in [2.75, 3.05) is 40.3 Å². The highest BCUT2D eigenvalue weighted by atomic mass is 35.5. The molecule has 2 saturated heterocycles. The highest BCUT2D eigenvalue weighted by Gasteiger charge is 2.48. The third-order valence-corrected chi connectivity index (χ3v) is 17.4. The van der Waals surface area contributed by atoms with Crippen LogP contribution in [0.1, 0.15) is 186 Å². The minimum Gasteiger partial charge on any atom is -0.477 e. The number of likely N-dealkylation sites (tertiary alicyclic amines) is 1. The summed E-state index contributed by atoms with van der Waals surface area (Å²) >= 11 is 17.7. The second-order valence-electron chi connectivity index (χ2n) is 26.9. The van der Waals surface area contributed by atoms with Crippen LogP contribution in [0.15, 0.2) is 55.0 Å². The Morgan fingerprint density at radius 1 is 0.574 bits per heavy atom. The molecule has 3 amide bonds. The molecule has 2 aliphatic rings. The number of carboxylic acids is 1. The molecule has 0 saturated carbocycles. The highest BCUT2D eigenvalue weighted by Crippen LogP contribution is 2.47. The summed E-state index contributed by atoms with van der Waals surface area (Å²) in [6.07, 6.45) is -9.27. The molecule has 94 heavy (non-hydrogen) atoms. The Bertz CT molecular complexity index is 3730. The Hall–Kier alpha value is -6.83. The van der Waals surface area contributed by atoms with E-state index in [0.717, 1.165) is 33.2 Å². The van der Waals surface area contributed by atoms with Gasteiger partial charge in [0.15, 0.2) is 0 Å². The molecule has 8 rings (SSSR count). The predicted molar refractivity (Wildman–Crippen MR) is 345 cm³/mol. The van der Waals surface area contributed by atoms with Gasteiger partial charge in [0.2, 0.25) is 0 Å². The SMILES string of the molecule is Cc1c(-c2ccc(Cl)cn2)c(C(=O)N(C)C2CCN(C(=O)OC(C)(C)C)CC2(C)C)n(C(C)C)c1C(F)(F)F.Cc1c(-c2ccc(Cl)cn2)c(C(=O)N(C)C2CCNCC2(C)C)n(C(C)C)c1C(F)(F)F.Cc1c(-c2ccc(Cl)cn2)c(C(=O)O)n(C(C)C)c1C(F)(F)F. The zero-order chi connectivity index (χ0) is 71.2. The molecule has 0 radical (unpaired) electrons. The molecular weight excluding hydrogens is 1310 g/mol. The molecule has 0 bridgehead atoms. The fourth-order valence-electron chi connectivity index (χ4n) is 12.9. The number of hydrogen-bond acceptors (Lipinski definition) is 9. The molecule has 8 heterocycles. The first kappa shape index (κ1) is 76.2. The molecule has 0 aliphatic carbocycles. The largest absolute Gasteiger partial charge is 0.477 e. The quantitative estimate of drug-likeness (QED) is 0.119. The molecule has 6 aromatic rings. The number of aromatic carboxylic acids is 1. The first-order valence-electron chi connectivity index (χ1n) is 30.4. The second kappa shape index (κ2) is 28.5. The normalized spacial score (nSPS) is 16.8. The van der Waals surface area contributed by atoms with Gasteiger partial charge in [-0.3, -0.25) is 24.5 Å². The van der Waals surface area contributed by atoms with Crippen LogP contribution in [0.3, 0.4) is 0 Å². The van der Waals surface area contributed by atoms with Gasteiger partial charge < -0.3 is 43.6 Å². The van der Waals surface area contributed by atoms with Gasteiger partial charge in [0.25, 0.3) is 11.8 Å². The minimum atomic E-state index is -4.69. The molecular formula is C66H82Cl3F9N10O6. The van der Waals surface area contributed by atoms with Crippen LogP contribution in [-0.2, 0) is 23.3 Å². The standard InChI is InChI=1S/C28H38ClF3N4O3.C23H30ClF3N4O.C15H14ClF3N2O2/c1-16(2)36-22(21(17(3)23(36)28(30,31)32)19-11-10-18(29)14-33-19)24(37)34(9)20-12-13-35(15-27(20,7)8)25(38)39-26(4,5)6;1-13(2)31-19(21(32)30(6)17-9-10-28-12-22(17,4)5)18(14(3)20(31)23(25,26)27)16-8-7-15(24)11-29-16;1-7(2)21-12(14(22)23)11(8(3)13(21)15(17,18)19)10-5-4-9(16)6-20-10/h10-11,14,16,20H,12-13,15H2,1-9H3;7-8,11,13,17,28H,9-10,12H2,1-6H3;4-7H,1-3H3,(H,22,23). The van der Waals surface area contributed by atoms with Crippen LogP contribution in [0.4, 0.5) is 44.3 Å². The average molecular weight is 1390 g/mol. The minimum absolute atomic E-state index is 0.0106. The molecule has 2 unspecified atom stereocenters. The molecule has 2 N–H and O–H groups in total. The number of nitrogens with one attached hydrogen (secondary N) is 1. The van der Waals surface area contributed by atoms with Crippen LogP contribution < -0.4 is 5.32 Å². The molecule has 16 nitrogen and oxygen atoms in total. The van der Waals surface area contributed by atoms with E-state index in [1.54, 1.807) is 84.5 Å². The van der Waals surface area contributed by atoms with E-state index >= 15 is 0 Å². The second-order valence-corrected chi connectivity index (χ2v) is 28.2. The molecule has 516 valence electrons. The van der Waals surface area contributed by atoms with Gasteiger partial charge in [0.05, 0.1) is 32.1 Å². The smallest absolute Gasteiger partial charge is 0.431 e. The summed E-state index contributed by atoms with van der Waals surface area (Å²) in [7, 11) is 3.29. The van der Waals surface area contributed by atoms with Crippen molar-refractivity contribution in [3.05, 3.63) is 121 Å². The van der Waals surface area contributed by atoms with Crippen LogP contribution >= 0.6 is 34.8 Å². The van der Waals surface area contributed by atoms with Gasteiger partial charge in [-0.25, -0.2) is 9.59 Å². The van der Waals surface area contributed by atoms with Gasteiger partial charge in [-0.05, 0) is 161 Å². The number of piperidine rings is 2. The third-order valence-electron chi connectivity index (χ3n) is 16.7. The summed E-state index contributed by atoms with van der Waals surface area (Å²) in [5.41, 5.74) is -3.89. The summed E-state index contributed by atoms with van der Waals surface area (Å²) in [4.78, 5) is 69.6. The van der Waals surface area contributed by atoms with Crippen LogP contribution in [0.25, 0.3) is 33.8 Å². The van der Waals surface area contributed by atoms with Gasteiger partial charge in [-0.2, -0.15) is 39.5 Å². The molecule has 0 spiro atoms. The molecule has 6 aromatic heterocycles. The number of aromatic nitrogens is 6. The number of nitrogens with zero attached hydrogens (tertiary/aromatic N) is 9. The average Bonchev–Trinajstić information content (AvgIpc) is 1.59. The van der Waals surface area contributed by atoms with Crippen molar-refractivity contribution in [1.82, 2.24) is 48.7 Å². The van der Waals surface area contributed by atoms with E-state index in [0.29, 0.717) is 34.6 Å². The topological polar surface area (TPSA) is 173 Å². The Balaban J connectivity index is 0.000000231. The number of hydrogen-bond donors (Lipinski definition) is 2. The van der Waals surface area contributed by atoms with Crippen molar-refractivity contribution < 1.29 is 68.5 Å². The highest BCUT2D eigenvalue weighted by molar-refractivity contribution is 6.31. The van der Waals surface area contributed by atoms with Gasteiger partial charge in [-0.1, -0.05) is 62.5 Å². The van der Waals surface area contributed by atoms with Crippen LogP contribution in [0.2, 0.25) is 15.1 Å². The van der Waals surface area contributed by atoms with Crippen molar-refractivity contribution in [2.24, 2.45) is 10.8 Å². The van der Waals surface area contributed by atoms with Crippen molar-refractivity contribution >= 4 is 58.7 Å². The fourth-order valence-corrected chi connectivity index (χ4v) is 13.2. The molecule has 0 aromatic carbocycles. The van der Waals surface area contributed by atoms with Gasteiger partial charge in [0.1, 0.15) is 39.8 Å². The monoisotopic (exact) mass is 1390 g/mol. The molecule has 2 atom stereocenters. The Labute approximate surface area is 557 Å².